The Hall–Kier alpha value is -2.21. The minimum absolute atomic E-state index is 0.111. The van der Waals surface area contributed by atoms with Gasteiger partial charge in [-0.2, -0.15) is 5.10 Å². The fourth-order valence-electron chi connectivity index (χ4n) is 1.88. The van der Waals surface area contributed by atoms with Crippen molar-refractivity contribution < 1.29 is 9.18 Å². The number of hydrogen-bond acceptors (Lipinski definition) is 3. The molecule has 0 fully saturated rings. The molecule has 0 spiro atoms. The maximum atomic E-state index is 13.5. The summed E-state index contributed by atoms with van der Waals surface area (Å²) in [5.74, 6) is -0.433. The summed E-state index contributed by atoms with van der Waals surface area (Å²) in [6.07, 6.45) is 1.52. The summed E-state index contributed by atoms with van der Waals surface area (Å²) in [7, 11) is 0. The number of hydrogen-bond donors (Lipinski definition) is 3. The molecule has 2 aromatic rings. The lowest BCUT2D eigenvalue weighted by Gasteiger charge is -2.15. The van der Waals surface area contributed by atoms with Gasteiger partial charge in [0.25, 0.3) is 5.91 Å². The number of amides is 1. The van der Waals surface area contributed by atoms with E-state index in [4.69, 9.17) is 0 Å². The molecule has 0 bridgehead atoms. The highest BCUT2D eigenvalue weighted by atomic mass is 19.1. The molecule has 1 aromatic carbocycles. The van der Waals surface area contributed by atoms with E-state index in [2.05, 4.69) is 20.8 Å². The zero-order valence-electron chi connectivity index (χ0n) is 11.2. The van der Waals surface area contributed by atoms with Gasteiger partial charge in [0, 0.05) is 30.9 Å². The van der Waals surface area contributed by atoms with E-state index in [1.165, 1.54) is 12.3 Å². The van der Waals surface area contributed by atoms with Crippen molar-refractivity contribution in [3.05, 3.63) is 53.6 Å². The van der Waals surface area contributed by atoms with Gasteiger partial charge >= 0.3 is 0 Å². The molecule has 6 heteroatoms. The van der Waals surface area contributed by atoms with Crippen LogP contribution in [0.4, 0.5) is 4.39 Å². The summed E-state index contributed by atoms with van der Waals surface area (Å²) >= 11 is 0. The van der Waals surface area contributed by atoms with Crippen molar-refractivity contribution in [3.8, 4) is 0 Å². The van der Waals surface area contributed by atoms with Crippen molar-refractivity contribution in [2.45, 2.75) is 13.0 Å². The third-order valence-corrected chi connectivity index (χ3v) is 2.98. The second kappa shape index (κ2) is 6.81. The molecule has 106 valence electrons. The Morgan fingerprint density at radius 1 is 1.35 bits per heavy atom. The van der Waals surface area contributed by atoms with Crippen LogP contribution >= 0.6 is 0 Å². The fourth-order valence-corrected chi connectivity index (χ4v) is 1.88. The normalized spacial score (nSPS) is 12.1. The lowest BCUT2D eigenvalue weighted by molar-refractivity contribution is 0.0948. The molecule has 2 rings (SSSR count). The fraction of sp³-hybridized carbons (Fsp3) is 0.286. The molecule has 0 aliphatic rings. The maximum Gasteiger partial charge on any atom is 0.269 e. The van der Waals surface area contributed by atoms with Crippen LogP contribution in [0.1, 0.15) is 29.0 Å². The van der Waals surface area contributed by atoms with E-state index >= 15 is 0 Å². The van der Waals surface area contributed by atoms with E-state index in [-0.39, 0.29) is 17.8 Å². The summed E-state index contributed by atoms with van der Waals surface area (Å²) in [5, 5.41) is 12.2. The predicted octanol–water partition coefficient (Wildman–Crippen LogP) is 1.63. The average Bonchev–Trinajstić information content (AvgIpc) is 2.98. The maximum absolute atomic E-state index is 13.5. The van der Waals surface area contributed by atoms with Crippen LogP contribution in [0.5, 0.6) is 0 Å². The lowest BCUT2D eigenvalue weighted by atomic mass is 10.1. The smallest absolute Gasteiger partial charge is 0.269 e. The molecule has 5 nitrogen and oxygen atoms in total. The van der Waals surface area contributed by atoms with Gasteiger partial charge in [0.05, 0.1) is 0 Å². The number of halogens is 1. The molecule has 0 radical (unpaired) electrons. The van der Waals surface area contributed by atoms with E-state index in [1.54, 1.807) is 24.3 Å². The van der Waals surface area contributed by atoms with Crippen molar-refractivity contribution in [2.24, 2.45) is 0 Å². The monoisotopic (exact) mass is 276 g/mol. The number of nitrogens with one attached hydrogen (secondary N) is 3. The van der Waals surface area contributed by atoms with E-state index in [0.717, 1.165) is 0 Å². The Morgan fingerprint density at radius 3 is 2.85 bits per heavy atom. The Kier molecular flexibility index (Phi) is 4.84. The SMILES string of the molecule is C[C@H](NCCNC(=O)c1ccn[nH]1)c1ccccc1F. The summed E-state index contributed by atoms with van der Waals surface area (Å²) < 4.78 is 13.5. The van der Waals surface area contributed by atoms with E-state index < -0.39 is 0 Å². The Balaban J connectivity index is 1.74. The van der Waals surface area contributed by atoms with Gasteiger partial charge in [0.15, 0.2) is 0 Å². The van der Waals surface area contributed by atoms with Gasteiger partial charge in [-0.05, 0) is 19.1 Å². The number of aromatic nitrogens is 2. The van der Waals surface area contributed by atoms with Crippen LogP contribution in [-0.2, 0) is 0 Å². The van der Waals surface area contributed by atoms with E-state index in [0.29, 0.717) is 24.3 Å². The van der Waals surface area contributed by atoms with Crippen molar-refractivity contribution in [3.63, 3.8) is 0 Å². The summed E-state index contributed by atoms with van der Waals surface area (Å²) in [6.45, 7) is 2.89. The molecule has 20 heavy (non-hydrogen) atoms. The van der Waals surface area contributed by atoms with Crippen LogP contribution in [0.15, 0.2) is 36.5 Å². The molecule has 1 amide bonds. The molecule has 0 unspecified atom stereocenters. The molecule has 0 aliphatic carbocycles. The topological polar surface area (TPSA) is 69.8 Å². The van der Waals surface area contributed by atoms with Crippen LogP contribution < -0.4 is 10.6 Å². The zero-order valence-corrected chi connectivity index (χ0v) is 11.2. The number of benzene rings is 1. The van der Waals surface area contributed by atoms with E-state index in [9.17, 15) is 9.18 Å². The Labute approximate surface area is 116 Å². The lowest BCUT2D eigenvalue weighted by Crippen LogP contribution is -2.33. The highest BCUT2D eigenvalue weighted by Gasteiger charge is 2.09. The minimum Gasteiger partial charge on any atom is -0.349 e. The molecule has 1 heterocycles. The van der Waals surface area contributed by atoms with Gasteiger partial charge in [-0.1, -0.05) is 18.2 Å². The van der Waals surface area contributed by atoms with Gasteiger partial charge < -0.3 is 10.6 Å². The molecule has 1 atom stereocenters. The summed E-state index contributed by atoms with van der Waals surface area (Å²) in [5.41, 5.74) is 1.04. The molecular formula is C14H17FN4O. The van der Waals surface area contributed by atoms with Crippen molar-refractivity contribution in [2.75, 3.05) is 13.1 Å². The number of nitrogens with zero attached hydrogens (tertiary/aromatic N) is 1. The number of rotatable bonds is 6. The van der Waals surface area contributed by atoms with Crippen molar-refractivity contribution >= 4 is 5.91 Å². The van der Waals surface area contributed by atoms with Gasteiger partial charge in [-0.15, -0.1) is 0 Å². The standard InChI is InChI=1S/C14H17FN4O/c1-10(11-4-2-3-5-12(11)15)16-8-9-17-14(20)13-6-7-18-19-13/h2-7,10,16H,8-9H2,1H3,(H,17,20)(H,18,19)/t10-/m0/s1. The number of carbonyl (C=O) groups is 1. The molecule has 0 aliphatic heterocycles. The van der Waals surface area contributed by atoms with Crippen LogP contribution in [0.2, 0.25) is 0 Å². The number of aromatic amines is 1. The van der Waals surface area contributed by atoms with Crippen LogP contribution in [0, 0.1) is 5.82 Å². The van der Waals surface area contributed by atoms with Gasteiger partial charge in [-0.25, -0.2) is 4.39 Å². The second-order valence-electron chi connectivity index (χ2n) is 4.42. The second-order valence-corrected chi connectivity index (χ2v) is 4.42. The van der Waals surface area contributed by atoms with Crippen molar-refractivity contribution in [1.29, 1.82) is 0 Å². The van der Waals surface area contributed by atoms with Crippen LogP contribution in [0.3, 0.4) is 0 Å². The highest BCUT2D eigenvalue weighted by Crippen LogP contribution is 2.15. The summed E-state index contributed by atoms with van der Waals surface area (Å²) in [6, 6.07) is 8.14. The first-order chi connectivity index (χ1) is 9.68. The van der Waals surface area contributed by atoms with Crippen molar-refractivity contribution in [1.82, 2.24) is 20.8 Å². The third-order valence-electron chi connectivity index (χ3n) is 2.98. The average molecular weight is 276 g/mol. The molecule has 0 saturated heterocycles. The molecule has 1 aromatic heterocycles. The number of carbonyl (C=O) groups excluding carboxylic acids is 1. The van der Waals surface area contributed by atoms with Gasteiger partial charge in [-0.3, -0.25) is 9.89 Å². The molecule has 0 saturated carbocycles. The number of H-pyrrole nitrogens is 1. The first-order valence-corrected chi connectivity index (χ1v) is 6.44. The van der Waals surface area contributed by atoms with Gasteiger partial charge in [0.1, 0.15) is 11.5 Å². The van der Waals surface area contributed by atoms with Crippen LogP contribution in [-0.4, -0.2) is 29.2 Å². The van der Waals surface area contributed by atoms with Gasteiger partial charge in [0.2, 0.25) is 0 Å². The summed E-state index contributed by atoms with van der Waals surface area (Å²) in [4.78, 5) is 11.6. The largest absolute Gasteiger partial charge is 0.349 e. The highest BCUT2D eigenvalue weighted by molar-refractivity contribution is 5.92. The Morgan fingerprint density at radius 2 is 2.15 bits per heavy atom. The molecular weight excluding hydrogens is 259 g/mol. The van der Waals surface area contributed by atoms with Crippen LogP contribution in [0.25, 0.3) is 0 Å². The first-order valence-electron chi connectivity index (χ1n) is 6.44. The minimum atomic E-state index is -0.228. The van der Waals surface area contributed by atoms with E-state index in [1.807, 2.05) is 6.92 Å². The quantitative estimate of drug-likeness (QED) is 0.702. The first kappa shape index (κ1) is 14.2. The Bertz CT molecular complexity index is 556. The molecule has 3 N–H and O–H groups in total. The predicted molar refractivity (Wildman–Crippen MR) is 73.7 cm³/mol. The zero-order chi connectivity index (χ0) is 14.4. The third kappa shape index (κ3) is 3.64.